The molecule has 0 spiro atoms. The van der Waals surface area contributed by atoms with Crippen molar-refractivity contribution in [3.8, 4) is 11.5 Å². The molecule has 0 atom stereocenters. The van der Waals surface area contributed by atoms with E-state index in [1.165, 1.54) is 12.1 Å². The number of rotatable bonds is 6. The average Bonchev–Trinajstić information content (AvgIpc) is 2.61. The Hall–Kier alpha value is -3.01. The number of hydrogen-bond acceptors (Lipinski definition) is 3. The number of aromatic hydroxyl groups is 1. The van der Waals surface area contributed by atoms with E-state index < -0.39 is 5.82 Å². The average molecular weight is 323 g/mol. The minimum absolute atomic E-state index is 0.0929. The van der Waals surface area contributed by atoms with Crippen LogP contribution in [0.3, 0.4) is 0 Å². The summed E-state index contributed by atoms with van der Waals surface area (Å²) in [7, 11) is 0. The van der Waals surface area contributed by atoms with Crippen LogP contribution >= 0.6 is 0 Å². The van der Waals surface area contributed by atoms with Gasteiger partial charge in [-0.1, -0.05) is 48.5 Å². The van der Waals surface area contributed by atoms with Crippen molar-refractivity contribution < 1.29 is 14.2 Å². The molecule has 122 valence electrons. The van der Waals surface area contributed by atoms with Crippen LogP contribution in [0.5, 0.6) is 11.5 Å². The van der Waals surface area contributed by atoms with Crippen molar-refractivity contribution in [3.63, 3.8) is 0 Å². The van der Waals surface area contributed by atoms with E-state index in [9.17, 15) is 9.50 Å². The van der Waals surface area contributed by atoms with Gasteiger partial charge in [-0.05, 0) is 23.8 Å². The molecular weight excluding hydrogens is 305 g/mol. The molecule has 0 bridgehead atoms. The Labute approximate surface area is 140 Å². The molecule has 0 unspecified atom stereocenters. The van der Waals surface area contributed by atoms with Crippen LogP contribution in [-0.2, 0) is 13.2 Å². The van der Waals surface area contributed by atoms with Crippen LogP contribution < -0.4 is 10.1 Å². The summed E-state index contributed by atoms with van der Waals surface area (Å²) in [5.74, 6) is 0.176. The summed E-state index contributed by atoms with van der Waals surface area (Å²) in [5.41, 5.74) is 2.36. The third-order valence-electron chi connectivity index (χ3n) is 3.63. The van der Waals surface area contributed by atoms with Gasteiger partial charge in [-0.3, -0.25) is 0 Å². The number of phenols is 1. The lowest BCUT2D eigenvalue weighted by molar-refractivity contribution is 0.303. The van der Waals surface area contributed by atoms with E-state index in [0.717, 1.165) is 22.9 Å². The molecule has 2 N–H and O–H groups in total. The standard InChI is InChI=1S/C20H18FNO2/c21-18-12-17(23)10-11-19(18)22-13-16-8-4-5-9-20(16)24-14-15-6-2-1-3-7-15/h1-12,22-23H,13-14H2. The second-order valence-corrected chi connectivity index (χ2v) is 5.40. The molecule has 0 radical (unpaired) electrons. The first-order chi connectivity index (χ1) is 11.7. The zero-order valence-corrected chi connectivity index (χ0v) is 13.1. The quantitative estimate of drug-likeness (QED) is 0.645. The molecule has 0 heterocycles. The molecule has 3 aromatic carbocycles. The van der Waals surface area contributed by atoms with Crippen LogP contribution in [0.2, 0.25) is 0 Å². The molecule has 3 aromatic rings. The van der Waals surface area contributed by atoms with Crippen LogP contribution in [0.4, 0.5) is 10.1 Å². The van der Waals surface area contributed by atoms with Gasteiger partial charge in [0.05, 0.1) is 5.69 Å². The first-order valence-corrected chi connectivity index (χ1v) is 7.69. The Kier molecular flexibility index (Phi) is 4.96. The fourth-order valence-electron chi connectivity index (χ4n) is 2.36. The zero-order chi connectivity index (χ0) is 16.8. The predicted octanol–water partition coefficient (Wildman–Crippen LogP) is 4.72. The van der Waals surface area contributed by atoms with Gasteiger partial charge in [0.15, 0.2) is 0 Å². The molecule has 3 rings (SSSR count). The minimum Gasteiger partial charge on any atom is -0.508 e. The topological polar surface area (TPSA) is 41.5 Å². The van der Waals surface area contributed by atoms with E-state index >= 15 is 0 Å². The normalized spacial score (nSPS) is 10.4. The maximum atomic E-state index is 13.8. The molecule has 0 aliphatic heterocycles. The Morgan fingerprint density at radius 2 is 1.67 bits per heavy atom. The monoisotopic (exact) mass is 323 g/mol. The zero-order valence-electron chi connectivity index (χ0n) is 13.1. The van der Waals surface area contributed by atoms with E-state index in [-0.39, 0.29) is 5.75 Å². The number of halogens is 1. The lowest BCUT2D eigenvalue weighted by Gasteiger charge is -2.13. The lowest BCUT2D eigenvalue weighted by atomic mass is 10.2. The number of para-hydroxylation sites is 1. The van der Waals surface area contributed by atoms with Gasteiger partial charge >= 0.3 is 0 Å². The third kappa shape index (κ3) is 4.04. The number of ether oxygens (including phenoxy) is 1. The lowest BCUT2D eigenvalue weighted by Crippen LogP contribution is -2.04. The van der Waals surface area contributed by atoms with Crippen molar-refractivity contribution in [1.82, 2.24) is 0 Å². The van der Waals surface area contributed by atoms with Gasteiger partial charge in [0, 0.05) is 18.2 Å². The van der Waals surface area contributed by atoms with Gasteiger partial charge < -0.3 is 15.2 Å². The molecule has 0 aromatic heterocycles. The van der Waals surface area contributed by atoms with Crippen molar-refractivity contribution in [1.29, 1.82) is 0 Å². The largest absolute Gasteiger partial charge is 0.508 e. The molecule has 0 aliphatic rings. The first-order valence-electron chi connectivity index (χ1n) is 7.69. The highest BCUT2D eigenvalue weighted by molar-refractivity contribution is 5.49. The molecule has 24 heavy (non-hydrogen) atoms. The highest BCUT2D eigenvalue weighted by atomic mass is 19.1. The van der Waals surface area contributed by atoms with E-state index in [4.69, 9.17) is 4.74 Å². The van der Waals surface area contributed by atoms with Crippen LogP contribution in [-0.4, -0.2) is 5.11 Å². The maximum Gasteiger partial charge on any atom is 0.149 e. The minimum atomic E-state index is -0.488. The first kappa shape index (κ1) is 15.9. The highest BCUT2D eigenvalue weighted by Gasteiger charge is 2.06. The molecule has 0 aliphatic carbocycles. The van der Waals surface area contributed by atoms with Gasteiger partial charge in [0.1, 0.15) is 23.9 Å². The summed E-state index contributed by atoms with van der Waals surface area (Å²) in [5, 5.41) is 12.3. The molecule has 3 nitrogen and oxygen atoms in total. The van der Waals surface area contributed by atoms with Crippen molar-refractivity contribution in [2.45, 2.75) is 13.2 Å². The summed E-state index contributed by atoms with van der Waals surface area (Å²) in [4.78, 5) is 0. The summed E-state index contributed by atoms with van der Waals surface area (Å²) in [6, 6.07) is 21.6. The number of phenolic OH excluding ortho intramolecular Hbond substituents is 1. The second-order valence-electron chi connectivity index (χ2n) is 5.40. The fourth-order valence-corrected chi connectivity index (χ4v) is 2.36. The van der Waals surface area contributed by atoms with E-state index in [1.807, 2.05) is 54.6 Å². The van der Waals surface area contributed by atoms with Crippen LogP contribution in [0.25, 0.3) is 0 Å². The van der Waals surface area contributed by atoms with Gasteiger partial charge in [0.2, 0.25) is 0 Å². The number of nitrogens with one attached hydrogen (secondary N) is 1. The van der Waals surface area contributed by atoms with E-state index in [1.54, 1.807) is 0 Å². The Morgan fingerprint density at radius 1 is 0.917 bits per heavy atom. The van der Waals surface area contributed by atoms with Crippen LogP contribution in [0.15, 0.2) is 72.8 Å². The van der Waals surface area contributed by atoms with Crippen molar-refractivity contribution in [3.05, 3.63) is 89.7 Å². The van der Waals surface area contributed by atoms with Crippen molar-refractivity contribution >= 4 is 5.69 Å². The Bertz CT molecular complexity index is 806. The van der Waals surface area contributed by atoms with Crippen LogP contribution in [0.1, 0.15) is 11.1 Å². The highest BCUT2D eigenvalue weighted by Crippen LogP contribution is 2.23. The number of anilines is 1. The molecular formula is C20H18FNO2. The smallest absolute Gasteiger partial charge is 0.149 e. The SMILES string of the molecule is Oc1ccc(NCc2ccccc2OCc2ccccc2)c(F)c1. The molecule has 0 saturated carbocycles. The third-order valence-corrected chi connectivity index (χ3v) is 3.63. The van der Waals surface area contributed by atoms with Gasteiger partial charge in [-0.25, -0.2) is 4.39 Å². The predicted molar refractivity (Wildman–Crippen MR) is 92.6 cm³/mol. The van der Waals surface area contributed by atoms with Gasteiger partial charge in [-0.15, -0.1) is 0 Å². The molecule has 4 heteroatoms. The molecule has 0 saturated heterocycles. The maximum absolute atomic E-state index is 13.8. The van der Waals surface area contributed by atoms with E-state index in [0.29, 0.717) is 18.8 Å². The number of hydrogen-bond donors (Lipinski definition) is 2. The summed E-state index contributed by atoms with van der Waals surface area (Å²) in [6.45, 7) is 0.901. The van der Waals surface area contributed by atoms with Gasteiger partial charge in [-0.2, -0.15) is 0 Å². The Morgan fingerprint density at radius 3 is 2.46 bits per heavy atom. The van der Waals surface area contributed by atoms with Crippen molar-refractivity contribution in [2.24, 2.45) is 0 Å². The summed E-state index contributed by atoms with van der Waals surface area (Å²) >= 11 is 0. The fraction of sp³-hybridized carbons (Fsp3) is 0.100. The second kappa shape index (κ2) is 7.51. The van der Waals surface area contributed by atoms with E-state index in [2.05, 4.69) is 5.32 Å². The summed E-state index contributed by atoms with van der Waals surface area (Å²) < 4.78 is 19.7. The Balaban J connectivity index is 1.67. The molecule has 0 fully saturated rings. The number of benzene rings is 3. The molecule has 0 amide bonds. The van der Waals surface area contributed by atoms with Crippen LogP contribution in [0, 0.1) is 5.82 Å². The van der Waals surface area contributed by atoms with Crippen molar-refractivity contribution in [2.75, 3.05) is 5.32 Å². The van der Waals surface area contributed by atoms with Gasteiger partial charge in [0.25, 0.3) is 0 Å². The summed E-state index contributed by atoms with van der Waals surface area (Å²) in [6.07, 6.45) is 0.